The van der Waals surface area contributed by atoms with Crippen molar-refractivity contribution in [2.45, 2.75) is 13.5 Å². The Morgan fingerprint density at radius 3 is 2.59 bits per heavy atom. The smallest absolute Gasteiger partial charge is 0.264 e. The molecule has 2 aromatic carbocycles. The number of amidine groups is 1. The Labute approximate surface area is 162 Å². The lowest BCUT2D eigenvalue weighted by atomic mass is 10.1. The average molecular weight is 374 g/mol. The first-order chi connectivity index (χ1) is 13.2. The van der Waals surface area contributed by atoms with Crippen molar-refractivity contribution in [1.29, 1.82) is 0 Å². The molecule has 1 saturated heterocycles. The normalized spacial score (nSPS) is 16.9. The summed E-state index contributed by atoms with van der Waals surface area (Å²) in [6.45, 7) is 2.59. The van der Waals surface area contributed by atoms with Crippen molar-refractivity contribution < 1.29 is 9.21 Å². The second kappa shape index (κ2) is 7.68. The van der Waals surface area contributed by atoms with Crippen LogP contribution >= 0.6 is 11.8 Å². The predicted molar refractivity (Wildman–Crippen MR) is 110 cm³/mol. The number of hydrogen-bond donors (Lipinski definition) is 1. The summed E-state index contributed by atoms with van der Waals surface area (Å²) in [5, 5.41) is 3.41. The van der Waals surface area contributed by atoms with E-state index in [1.807, 2.05) is 66.7 Å². The number of furan rings is 1. The summed E-state index contributed by atoms with van der Waals surface area (Å²) in [6.07, 6.45) is 1.75. The van der Waals surface area contributed by atoms with Crippen LogP contribution in [-0.2, 0) is 11.3 Å². The minimum Gasteiger partial charge on any atom is -0.457 e. The van der Waals surface area contributed by atoms with Crippen LogP contribution in [0.2, 0.25) is 0 Å². The van der Waals surface area contributed by atoms with Crippen LogP contribution < -0.4 is 5.32 Å². The van der Waals surface area contributed by atoms with Crippen molar-refractivity contribution in [3.05, 3.63) is 88.5 Å². The molecule has 2 heterocycles. The molecule has 27 heavy (non-hydrogen) atoms. The van der Waals surface area contributed by atoms with E-state index in [0.29, 0.717) is 22.4 Å². The maximum atomic E-state index is 12.2. The van der Waals surface area contributed by atoms with Crippen LogP contribution in [0.4, 0.5) is 0 Å². The molecule has 1 N–H and O–H groups in total. The molecule has 0 spiro atoms. The molecular formula is C22H18N2O2S. The number of hydrogen-bond acceptors (Lipinski definition) is 4. The third kappa shape index (κ3) is 4.20. The highest BCUT2D eigenvalue weighted by Crippen LogP contribution is 2.29. The van der Waals surface area contributed by atoms with Crippen molar-refractivity contribution >= 4 is 28.9 Å². The van der Waals surface area contributed by atoms with Gasteiger partial charge in [0.1, 0.15) is 11.5 Å². The standard InChI is InChI=1S/C22H18N2O2S/c1-15-7-9-17(10-8-15)19-12-11-18(26-19)13-20-21(25)24-22(27-20)23-14-16-5-3-2-4-6-16/h2-13H,14H2,1H3,(H,23,24,25)/b20-13+. The average Bonchev–Trinajstić information content (AvgIpc) is 3.29. The molecule has 1 fully saturated rings. The van der Waals surface area contributed by atoms with Crippen LogP contribution in [-0.4, -0.2) is 11.1 Å². The first-order valence-corrected chi connectivity index (χ1v) is 9.45. The summed E-state index contributed by atoms with van der Waals surface area (Å²) in [5.41, 5.74) is 3.32. The van der Waals surface area contributed by atoms with Crippen molar-refractivity contribution in [2.24, 2.45) is 4.99 Å². The Hall–Kier alpha value is -3.05. The summed E-state index contributed by atoms with van der Waals surface area (Å²) >= 11 is 1.33. The monoisotopic (exact) mass is 374 g/mol. The number of carbonyl (C=O) groups excluding carboxylic acids is 1. The Morgan fingerprint density at radius 1 is 1.04 bits per heavy atom. The van der Waals surface area contributed by atoms with Gasteiger partial charge in [0.2, 0.25) is 0 Å². The zero-order chi connectivity index (χ0) is 18.6. The number of benzene rings is 2. The van der Waals surface area contributed by atoms with E-state index in [2.05, 4.69) is 17.2 Å². The number of carbonyl (C=O) groups is 1. The number of thioether (sulfide) groups is 1. The van der Waals surface area contributed by atoms with Crippen LogP contribution in [0.15, 0.2) is 81.0 Å². The maximum absolute atomic E-state index is 12.2. The van der Waals surface area contributed by atoms with E-state index in [1.54, 1.807) is 6.08 Å². The molecule has 134 valence electrons. The van der Waals surface area contributed by atoms with Crippen LogP contribution in [0.5, 0.6) is 0 Å². The largest absolute Gasteiger partial charge is 0.457 e. The van der Waals surface area contributed by atoms with Gasteiger partial charge in [0.25, 0.3) is 5.91 Å². The highest BCUT2D eigenvalue weighted by atomic mass is 32.2. The molecule has 1 aromatic heterocycles. The first kappa shape index (κ1) is 17.4. The van der Waals surface area contributed by atoms with Gasteiger partial charge in [0.05, 0.1) is 11.4 Å². The van der Waals surface area contributed by atoms with E-state index in [4.69, 9.17) is 4.42 Å². The van der Waals surface area contributed by atoms with Gasteiger partial charge in [-0.05, 0) is 36.4 Å². The number of rotatable bonds is 4. The Bertz CT molecular complexity index is 1020. The summed E-state index contributed by atoms with van der Waals surface area (Å²) in [7, 11) is 0. The van der Waals surface area contributed by atoms with Gasteiger partial charge in [-0.1, -0.05) is 60.2 Å². The van der Waals surface area contributed by atoms with E-state index in [0.717, 1.165) is 16.9 Å². The SMILES string of the molecule is Cc1ccc(-c2ccc(/C=C3/SC(=NCc4ccccc4)NC3=O)o2)cc1. The summed E-state index contributed by atoms with van der Waals surface area (Å²) < 4.78 is 5.87. The van der Waals surface area contributed by atoms with Crippen LogP contribution in [0, 0.1) is 6.92 Å². The molecule has 0 radical (unpaired) electrons. The van der Waals surface area contributed by atoms with E-state index in [9.17, 15) is 4.79 Å². The quantitative estimate of drug-likeness (QED) is 0.653. The van der Waals surface area contributed by atoms with E-state index in [1.165, 1.54) is 17.3 Å². The molecule has 0 aliphatic carbocycles. The van der Waals surface area contributed by atoms with Gasteiger partial charge < -0.3 is 9.73 Å². The summed E-state index contributed by atoms with van der Waals surface area (Å²) in [6, 6.07) is 21.9. The summed E-state index contributed by atoms with van der Waals surface area (Å²) in [4.78, 5) is 17.2. The van der Waals surface area contributed by atoms with E-state index < -0.39 is 0 Å². The van der Waals surface area contributed by atoms with Crippen molar-refractivity contribution in [3.63, 3.8) is 0 Å². The van der Waals surface area contributed by atoms with E-state index in [-0.39, 0.29) is 5.91 Å². The van der Waals surface area contributed by atoms with Gasteiger partial charge in [0.15, 0.2) is 5.17 Å². The second-order valence-corrected chi connectivity index (χ2v) is 7.27. The maximum Gasteiger partial charge on any atom is 0.264 e. The lowest BCUT2D eigenvalue weighted by Crippen LogP contribution is -2.19. The number of amides is 1. The van der Waals surface area contributed by atoms with Gasteiger partial charge in [0, 0.05) is 11.6 Å². The number of nitrogens with one attached hydrogen (secondary N) is 1. The fourth-order valence-electron chi connectivity index (χ4n) is 2.68. The third-order valence-corrected chi connectivity index (χ3v) is 5.08. The molecule has 0 bridgehead atoms. The first-order valence-electron chi connectivity index (χ1n) is 8.63. The highest BCUT2D eigenvalue weighted by Gasteiger charge is 2.24. The molecule has 0 atom stereocenters. The lowest BCUT2D eigenvalue weighted by Gasteiger charge is -1.97. The van der Waals surface area contributed by atoms with Crippen LogP contribution in [0.25, 0.3) is 17.4 Å². The topological polar surface area (TPSA) is 54.6 Å². The fourth-order valence-corrected chi connectivity index (χ4v) is 3.48. The second-order valence-electron chi connectivity index (χ2n) is 6.24. The van der Waals surface area contributed by atoms with Gasteiger partial charge in [-0.25, -0.2) is 0 Å². The molecule has 4 rings (SSSR count). The molecule has 5 heteroatoms. The number of aliphatic imine (C=N–C) groups is 1. The highest BCUT2D eigenvalue weighted by molar-refractivity contribution is 8.18. The van der Waals surface area contributed by atoms with E-state index >= 15 is 0 Å². The van der Waals surface area contributed by atoms with Crippen molar-refractivity contribution in [2.75, 3.05) is 0 Å². The molecule has 3 aromatic rings. The minimum atomic E-state index is -0.153. The zero-order valence-corrected chi connectivity index (χ0v) is 15.6. The van der Waals surface area contributed by atoms with Crippen LogP contribution in [0.3, 0.4) is 0 Å². The Morgan fingerprint density at radius 2 is 1.81 bits per heavy atom. The van der Waals surface area contributed by atoms with Gasteiger partial charge in [-0.3, -0.25) is 9.79 Å². The molecule has 1 amide bonds. The molecule has 0 unspecified atom stereocenters. The third-order valence-electron chi connectivity index (χ3n) is 4.14. The van der Waals surface area contributed by atoms with Crippen molar-refractivity contribution in [1.82, 2.24) is 5.32 Å². The number of nitrogens with zero attached hydrogens (tertiary/aromatic N) is 1. The minimum absolute atomic E-state index is 0.153. The Balaban J connectivity index is 1.48. The van der Waals surface area contributed by atoms with Crippen LogP contribution in [0.1, 0.15) is 16.9 Å². The Kier molecular flexibility index (Phi) is 4.94. The van der Waals surface area contributed by atoms with Crippen molar-refractivity contribution in [3.8, 4) is 11.3 Å². The molecular weight excluding hydrogens is 356 g/mol. The fraction of sp³-hybridized carbons (Fsp3) is 0.0909. The molecule has 1 aliphatic heterocycles. The van der Waals surface area contributed by atoms with Gasteiger partial charge in [-0.2, -0.15) is 0 Å². The van der Waals surface area contributed by atoms with Gasteiger partial charge >= 0.3 is 0 Å². The molecule has 1 aliphatic rings. The predicted octanol–water partition coefficient (Wildman–Crippen LogP) is 5.02. The van der Waals surface area contributed by atoms with Gasteiger partial charge in [-0.15, -0.1) is 0 Å². The summed E-state index contributed by atoms with van der Waals surface area (Å²) in [5.74, 6) is 1.27. The molecule has 4 nitrogen and oxygen atoms in total. The number of aryl methyl sites for hydroxylation is 1. The molecule has 0 saturated carbocycles. The lowest BCUT2D eigenvalue weighted by molar-refractivity contribution is -0.115. The zero-order valence-electron chi connectivity index (χ0n) is 14.8.